The van der Waals surface area contributed by atoms with Gasteiger partial charge in [-0.1, -0.05) is 60.7 Å². The van der Waals surface area contributed by atoms with E-state index in [1.54, 1.807) is 0 Å². The number of benzene rings is 2. The van der Waals surface area contributed by atoms with Crippen LogP contribution in [0.15, 0.2) is 60.7 Å². The Morgan fingerprint density at radius 1 is 0.800 bits per heavy atom. The van der Waals surface area contributed by atoms with Gasteiger partial charge in [-0.15, -0.1) is 0 Å². The van der Waals surface area contributed by atoms with Crippen LogP contribution < -0.4 is 11.5 Å². The van der Waals surface area contributed by atoms with Crippen LogP contribution in [0.3, 0.4) is 0 Å². The van der Waals surface area contributed by atoms with E-state index < -0.39 is 5.54 Å². The molecule has 0 aliphatic heterocycles. The fourth-order valence-electron chi connectivity index (χ4n) is 3.50. The zero-order valence-corrected chi connectivity index (χ0v) is 11.7. The van der Waals surface area contributed by atoms with Gasteiger partial charge in [-0.25, -0.2) is 0 Å². The Labute approximate surface area is 120 Å². The molecule has 104 valence electrons. The van der Waals surface area contributed by atoms with Gasteiger partial charge in [-0.2, -0.15) is 0 Å². The van der Waals surface area contributed by atoms with Gasteiger partial charge in [-0.3, -0.25) is 0 Å². The molecule has 0 amide bonds. The largest absolute Gasteiger partial charge is 0.328 e. The second kappa shape index (κ2) is 5.39. The van der Waals surface area contributed by atoms with Gasteiger partial charge < -0.3 is 11.5 Å². The Morgan fingerprint density at radius 3 is 1.70 bits per heavy atom. The normalized spacial score (nSPS) is 22.9. The maximum Gasteiger partial charge on any atom is 0.0694 e. The third kappa shape index (κ3) is 2.26. The minimum Gasteiger partial charge on any atom is -0.328 e. The van der Waals surface area contributed by atoms with E-state index in [0.717, 1.165) is 19.3 Å². The monoisotopic (exact) mass is 266 g/mol. The molecule has 1 aliphatic rings. The van der Waals surface area contributed by atoms with Crippen molar-refractivity contribution in [2.75, 3.05) is 0 Å². The molecule has 0 spiro atoms. The number of hydrogen-bond donors (Lipinski definition) is 2. The number of rotatable bonds is 3. The highest BCUT2D eigenvalue weighted by Gasteiger charge is 2.41. The Hall–Kier alpha value is -1.64. The van der Waals surface area contributed by atoms with Crippen LogP contribution in [0.1, 0.15) is 30.4 Å². The summed E-state index contributed by atoms with van der Waals surface area (Å²) >= 11 is 0. The standard InChI is InChI=1S/C18H22N2/c19-17-12-11-16(13-17)18(20,14-7-3-1-4-8-14)15-9-5-2-6-10-15/h1-10,16-17H,11-13,19-20H2/t16-,17+/m1/s1. The average molecular weight is 266 g/mol. The molecule has 0 aromatic heterocycles. The van der Waals surface area contributed by atoms with Crippen molar-refractivity contribution in [2.45, 2.75) is 30.8 Å². The summed E-state index contributed by atoms with van der Waals surface area (Å²) in [5.41, 5.74) is 15.0. The zero-order chi connectivity index (χ0) is 14.0. The molecule has 2 atom stereocenters. The quantitative estimate of drug-likeness (QED) is 0.897. The predicted octanol–water partition coefficient (Wildman–Crippen LogP) is 3.02. The molecule has 2 aromatic carbocycles. The van der Waals surface area contributed by atoms with E-state index in [2.05, 4.69) is 48.5 Å². The molecule has 20 heavy (non-hydrogen) atoms. The van der Waals surface area contributed by atoms with Crippen LogP contribution in [0.5, 0.6) is 0 Å². The van der Waals surface area contributed by atoms with Crippen molar-refractivity contribution in [3.05, 3.63) is 71.8 Å². The molecule has 2 aromatic rings. The van der Waals surface area contributed by atoms with E-state index in [9.17, 15) is 0 Å². The van der Waals surface area contributed by atoms with Crippen molar-refractivity contribution < 1.29 is 0 Å². The summed E-state index contributed by atoms with van der Waals surface area (Å²) in [5, 5.41) is 0. The summed E-state index contributed by atoms with van der Waals surface area (Å²) in [6.45, 7) is 0. The molecule has 1 saturated carbocycles. The highest BCUT2D eigenvalue weighted by atomic mass is 14.8. The summed E-state index contributed by atoms with van der Waals surface area (Å²) in [5.74, 6) is 0.405. The highest BCUT2D eigenvalue weighted by molar-refractivity contribution is 5.39. The Kier molecular flexibility index (Phi) is 3.60. The van der Waals surface area contributed by atoms with E-state index in [-0.39, 0.29) is 6.04 Å². The number of hydrogen-bond acceptors (Lipinski definition) is 2. The van der Waals surface area contributed by atoms with Gasteiger partial charge in [-0.05, 0) is 36.3 Å². The van der Waals surface area contributed by atoms with Crippen LogP contribution in [0.2, 0.25) is 0 Å². The van der Waals surface area contributed by atoms with E-state index in [1.807, 2.05) is 12.1 Å². The Morgan fingerprint density at radius 2 is 1.30 bits per heavy atom. The summed E-state index contributed by atoms with van der Waals surface area (Å²) in [6.07, 6.45) is 3.17. The fourth-order valence-corrected chi connectivity index (χ4v) is 3.50. The molecular weight excluding hydrogens is 244 g/mol. The van der Waals surface area contributed by atoms with Crippen molar-refractivity contribution in [3.63, 3.8) is 0 Å². The van der Waals surface area contributed by atoms with E-state index in [4.69, 9.17) is 11.5 Å². The molecule has 0 bridgehead atoms. The van der Waals surface area contributed by atoms with Crippen LogP contribution >= 0.6 is 0 Å². The first-order chi connectivity index (χ1) is 9.71. The lowest BCUT2D eigenvalue weighted by Gasteiger charge is -2.37. The Bertz CT molecular complexity index is 511. The van der Waals surface area contributed by atoms with Crippen LogP contribution in [0.4, 0.5) is 0 Å². The molecule has 0 radical (unpaired) electrons. The van der Waals surface area contributed by atoms with Gasteiger partial charge in [0.15, 0.2) is 0 Å². The van der Waals surface area contributed by atoms with Crippen molar-refractivity contribution in [3.8, 4) is 0 Å². The van der Waals surface area contributed by atoms with Crippen molar-refractivity contribution in [2.24, 2.45) is 17.4 Å². The zero-order valence-electron chi connectivity index (χ0n) is 11.7. The molecule has 0 saturated heterocycles. The summed E-state index contributed by atoms with van der Waals surface area (Å²) in [6, 6.07) is 21.2. The van der Waals surface area contributed by atoms with Gasteiger partial charge in [0.1, 0.15) is 0 Å². The maximum atomic E-state index is 6.95. The molecule has 0 unspecified atom stereocenters. The minimum atomic E-state index is -0.434. The first kappa shape index (κ1) is 13.3. The lowest BCUT2D eigenvalue weighted by atomic mass is 9.73. The van der Waals surface area contributed by atoms with Crippen LogP contribution in [0.25, 0.3) is 0 Å². The number of nitrogens with two attached hydrogens (primary N) is 2. The Balaban J connectivity index is 2.08. The topological polar surface area (TPSA) is 52.0 Å². The van der Waals surface area contributed by atoms with E-state index >= 15 is 0 Å². The summed E-state index contributed by atoms with van der Waals surface area (Å²) < 4.78 is 0. The smallest absolute Gasteiger partial charge is 0.0694 e. The first-order valence-corrected chi connectivity index (χ1v) is 7.37. The first-order valence-electron chi connectivity index (χ1n) is 7.37. The van der Waals surface area contributed by atoms with Crippen LogP contribution in [-0.4, -0.2) is 6.04 Å². The third-order valence-electron chi connectivity index (χ3n) is 4.62. The maximum absolute atomic E-state index is 6.95. The van der Waals surface area contributed by atoms with Crippen molar-refractivity contribution >= 4 is 0 Å². The summed E-state index contributed by atoms with van der Waals surface area (Å²) in [4.78, 5) is 0. The lowest BCUT2D eigenvalue weighted by Crippen LogP contribution is -2.44. The van der Waals surface area contributed by atoms with Gasteiger partial charge in [0.25, 0.3) is 0 Å². The molecule has 2 heteroatoms. The lowest BCUT2D eigenvalue weighted by molar-refractivity contribution is 0.332. The van der Waals surface area contributed by atoms with Gasteiger partial charge in [0.2, 0.25) is 0 Å². The SMILES string of the molecule is N[C@H]1CC[C@@H](C(N)(c2ccccc2)c2ccccc2)C1. The van der Waals surface area contributed by atoms with Crippen molar-refractivity contribution in [1.29, 1.82) is 0 Å². The van der Waals surface area contributed by atoms with E-state index in [0.29, 0.717) is 5.92 Å². The second-order valence-electron chi connectivity index (χ2n) is 5.87. The molecular formula is C18H22N2. The molecule has 2 nitrogen and oxygen atoms in total. The molecule has 0 heterocycles. The molecule has 1 aliphatic carbocycles. The highest BCUT2D eigenvalue weighted by Crippen LogP contribution is 2.42. The van der Waals surface area contributed by atoms with Gasteiger partial charge in [0, 0.05) is 6.04 Å². The summed E-state index contributed by atoms with van der Waals surface area (Å²) in [7, 11) is 0. The predicted molar refractivity (Wildman–Crippen MR) is 83.2 cm³/mol. The van der Waals surface area contributed by atoms with Gasteiger partial charge >= 0.3 is 0 Å². The van der Waals surface area contributed by atoms with Crippen LogP contribution in [0, 0.1) is 5.92 Å². The third-order valence-corrected chi connectivity index (χ3v) is 4.62. The van der Waals surface area contributed by atoms with Crippen LogP contribution in [-0.2, 0) is 5.54 Å². The van der Waals surface area contributed by atoms with E-state index in [1.165, 1.54) is 11.1 Å². The minimum absolute atomic E-state index is 0.287. The fraction of sp³-hybridized carbons (Fsp3) is 0.333. The molecule has 3 rings (SSSR count). The molecule has 4 N–H and O–H groups in total. The molecule has 1 fully saturated rings. The second-order valence-corrected chi connectivity index (χ2v) is 5.87. The van der Waals surface area contributed by atoms with Crippen molar-refractivity contribution in [1.82, 2.24) is 0 Å². The average Bonchev–Trinajstić information content (AvgIpc) is 2.95. The van der Waals surface area contributed by atoms with Gasteiger partial charge in [0.05, 0.1) is 5.54 Å².